The summed E-state index contributed by atoms with van der Waals surface area (Å²) >= 11 is 0. The number of rotatable bonds is 5. The first-order valence-electron chi connectivity index (χ1n) is 7.14. The van der Waals surface area contributed by atoms with E-state index in [2.05, 4.69) is 5.32 Å². The first-order chi connectivity index (χ1) is 10.1. The van der Waals surface area contributed by atoms with E-state index in [-0.39, 0.29) is 13.2 Å². The number of nitrogens with two attached hydrogens (primary N) is 1. The summed E-state index contributed by atoms with van der Waals surface area (Å²) in [6, 6.07) is 5.20. The molecule has 0 aromatic heterocycles. The van der Waals surface area contributed by atoms with Crippen molar-refractivity contribution in [2.24, 2.45) is 5.73 Å². The van der Waals surface area contributed by atoms with Crippen molar-refractivity contribution in [3.05, 3.63) is 23.8 Å². The SMILES string of the molecule is COc1cc(NC(=O)OC(C)(C)C)ccc1C(C)(CN)CO. The summed E-state index contributed by atoms with van der Waals surface area (Å²) < 4.78 is 10.6. The Morgan fingerprint density at radius 3 is 2.41 bits per heavy atom. The minimum absolute atomic E-state index is 0.0985. The number of anilines is 1. The zero-order chi connectivity index (χ0) is 17.0. The topological polar surface area (TPSA) is 93.8 Å². The first kappa shape index (κ1) is 18.3. The molecule has 1 amide bonds. The number of hydrogen-bond donors (Lipinski definition) is 3. The van der Waals surface area contributed by atoms with Crippen LogP contribution in [0.5, 0.6) is 5.75 Å². The normalized spacial score (nSPS) is 14.1. The number of benzene rings is 1. The van der Waals surface area contributed by atoms with Gasteiger partial charge < -0.3 is 20.3 Å². The molecular weight excluding hydrogens is 284 g/mol. The van der Waals surface area contributed by atoms with Gasteiger partial charge in [-0.1, -0.05) is 13.0 Å². The van der Waals surface area contributed by atoms with Crippen molar-refractivity contribution in [2.75, 3.05) is 25.6 Å². The van der Waals surface area contributed by atoms with Crippen LogP contribution in [0, 0.1) is 0 Å². The van der Waals surface area contributed by atoms with Gasteiger partial charge in [0.15, 0.2) is 0 Å². The lowest BCUT2D eigenvalue weighted by molar-refractivity contribution is 0.0636. The van der Waals surface area contributed by atoms with Crippen LogP contribution < -0.4 is 15.8 Å². The van der Waals surface area contributed by atoms with E-state index >= 15 is 0 Å². The summed E-state index contributed by atoms with van der Waals surface area (Å²) in [5.41, 5.74) is 5.92. The maximum atomic E-state index is 11.8. The third-order valence-electron chi connectivity index (χ3n) is 3.30. The third kappa shape index (κ3) is 4.61. The van der Waals surface area contributed by atoms with Crippen LogP contribution >= 0.6 is 0 Å². The van der Waals surface area contributed by atoms with Crippen molar-refractivity contribution >= 4 is 11.8 Å². The van der Waals surface area contributed by atoms with Crippen LogP contribution in [-0.4, -0.2) is 37.1 Å². The number of amides is 1. The predicted octanol–water partition coefficient (Wildman–Crippen LogP) is 2.25. The monoisotopic (exact) mass is 310 g/mol. The molecule has 22 heavy (non-hydrogen) atoms. The van der Waals surface area contributed by atoms with E-state index in [9.17, 15) is 9.90 Å². The van der Waals surface area contributed by atoms with E-state index in [0.717, 1.165) is 5.56 Å². The Morgan fingerprint density at radius 1 is 1.32 bits per heavy atom. The van der Waals surface area contributed by atoms with Crippen molar-refractivity contribution in [3.8, 4) is 5.75 Å². The van der Waals surface area contributed by atoms with Crippen molar-refractivity contribution in [1.82, 2.24) is 0 Å². The average molecular weight is 310 g/mol. The Labute approximate surface area is 131 Å². The highest BCUT2D eigenvalue weighted by atomic mass is 16.6. The first-order valence-corrected chi connectivity index (χ1v) is 7.14. The molecule has 0 aliphatic heterocycles. The van der Waals surface area contributed by atoms with Crippen LogP contribution in [-0.2, 0) is 10.2 Å². The average Bonchev–Trinajstić information content (AvgIpc) is 2.44. The van der Waals surface area contributed by atoms with Gasteiger partial charge in [-0.05, 0) is 26.8 Å². The molecule has 124 valence electrons. The number of aliphatic hydroxyl groups excluding tert-OH is 1. The van der Waals surface area contributed by atoms with E-state index in [1.807, 2.05) is 6.92 Å². The Morgan fingerprint density at radius 2 is 1.95 bits per heavy atom. The van der Waals surface area contributed by atoms with Crippen LogP contribution in [0.15, 0.2) is 18.2 Å². The zero-order valence-electron chi connectivity index (χ0n) is 13.9. The number of aliphatic hydroxyl groups is 1. The quantitative estimate of drug-likeness (QED) is 0.775. The Kier molecular flexibility index (Phi) is 5.79. The molecule has 0 saturated carbocycles. The van der Waals surface area contributed by atoms with Crippen LogP contribution in [0.25, 0.3) is 0 Å². The highest BCUT2D eigenvalue weighted by Crippen LogP contribution is 2.33. The minimum atomic E-state index is -0.601. The Bertz CT molecular complexity index is 519. The van der Waals surface area contributed by atoms with Gasteiger partial charge in [0.1, 0.15) is 11.4 Å². The Balaban J connectivity index is 3.01. The molecule has 6 heteroatoms. The summed E-state index contributed by atoms with van der Waals surface area (Å²) in [5, 5.41) is 12.2. The van der Waals surface area contributed by atoms with Crippen molar-refractivity contribution < 1.29 is 19.4 Å². The molecule has 4 N–H and O–H groups in total. The third-order valence-corrected chi connectivity index (χ3v) is 3.30. The van der Waals surface area contributed by atoms with E-state index in [4.69, 9.17) is 15.2 Å². The summed E-state index contributed by atoms with van der Waals surface area (Å²) in [4.78, 5) is 11.8. The fourth-order valence-electron chi connectivity index (χ4n) is 1.95. The highest BCUT2D eigenvalue weighted by molar-refractivity contribution is 5.85. The van der Waals surface area contributed by atoms with E-state index < -0.39 is 17.1 Å². The molecule has 0 bridgehead atoms. The lowest BCUT2D eigenvalue weighted by Crippen LogP contribution is -2.36. The smallest absolute Gasteiger partial charge is 0.412 e. The van der Waals surface area contributed by atoms with Crippen LogP contribution in [0.1, 0.15) is 33.3 Å². The summed E-state index contributed by atoms with van der Waals surface area (Å²) in [7, 11) is 1.53. The standard InChI is InChI=1S/C16H26N2O4/c1-15(2,3)22-14(20)18-11-6-7-12(13(8-11)21-5)16(4,9-17)10-19/h6-8,19H,9-10,17H2,1-5H3,(H,18,20). The summed E-state index contributed by atoms with van der Waals surface area (Å²) in [6.45, 7) is 7.42. The van der Waals surface area contributed by atoms with Gasteiger partial charge in [0.05, 0.1) is 13.7 Å². The molecule has 0 saturated heterocycles. The Hall–Kier alpha value is -1.79. The van der Waals surface area contributed by atoms with E-state index in [1.165, 1.54) is 7.11 Å². The molecule has 0 fully saturated rings. The molecule has 0 heterocycles. The second-order valence-electron chi connectivity index (χ2n) is 6.46. The van der Waals surface area contributed by atoms with Crippen LogP contribution in [0.4, 0.5) is 10.5 Å². The summed E-state index contributed by atoms with van der Waals surface area (Å²) in [5.74, 6) is 0.551. The van der Waals surface area contributed by atoms with Crippen molar-refractivity contribution in [2.45, 2.75) is 38.7 Å². The maximum absolute atomic E-state index is 11.8. The van der Waals surface area contributed by atoms with Gasteiger partial charge in [0.25, 0.3) is 0 Å². The van der Waals surface area contributed by atoms with Crippen LogP contribution in [0.3, 0.4) is 0 Å². The number of nitrogens with one attached hydrogen (secondary N) is 1. The van der Waals surface area contributed by atoms with Gasteiger partial charge in [0, 0.05) is 29.3 Å². The largest absolute Gasteiger partial charge is 0.496 e. The van der Waals surface area contributed by atoms with E-state index in [1.54, 1.807) is 39.0 Å². The van der Waals surface area contributed by atoms with Crippen molar-refractivity contribution in [3.63, 3.8) is 0 Å². The van der Waals surface area contributed by atoms with Gasteiger partial charge in [-0.3, -0.25) is 5.32 Å². The number of carbonyl (C=O) groups is 1. The predicted molar refractivity (Wildman–Crippen MR) is 86.3 cm³/mol. The fraction of sp³-hybridized carbons (Fsp3) is 0.562. The molecule has 1 atom stereocenters. The van der Waals surface area contributed by atoms with Gasteiger partial charge >= 0.3 is 6.09 Å². The molecule has 0 radical (unpaired) electrons. The lowest BCUT2D eigenvalue weighted by atomic mass is 9.82. The number of methoxy groups -OCH3 is 1. The molecule has 1 aromatic rings. The molecule has 6 nitrogen and oxygen atoms in total. The van der Waals surface area contributed by atoms with Gasteiger partial charge in [-0.15, -0.1) is 0 Å². The van der Waals surface area contributed by atoms with Gasteiger partial charge in [0.2, 0.25) is 0 Å². The minimum Gasteiger partial charge on any atom is -0.496 e. The number of ether oxygens (including phenoxy) is 2. The molecule has 1 aromatic carbocycles. The number of carbonyl (C=O) groups excluding carboxylic acids is 1. The zero-order valence-corrected chi connectivity index (χ0v) is 13.9. The molecule has 1 unspecified atom stereocenters. The lowest BCUT2D eigenvalue weighted by Gasteiger charge is -2.28. The van der Waals surface area contributed by atoms with Crippen LogP contribution in [0.2, 0.25) is 0 Å². The molecule has 1 rings (SSSR count). The maximum Gasteiger partial charge on any atom is 0.412 e. The van der Waals surface area contributed by atoms with Crippen molar-refractivity contribution in [1.29, 1.82) is 0 Å². The molecule has 0 aliphatic carbocycles. The fourth-order valence-corrected chi connectivity index (χ4v) is 1.95. The molecule has 0 spiro atoms. The van der Waals surface area contributed by atoms with E-state index in [0.29, 0.717) is 11.4 Å². The second kappa shape index (κ2) is 6.98. The molecular formula is C16H26N2O4. The second-order valence-corrected chi connectivity index (χ2v) is 6.46. The highest BCUT2D eigenvalue weighted by Gasteiger charge is 2.28. The van der Waals surface area contributed by atoms with Gasteiger partial charge in [-0.25, -0.2) is 4.79 Å². The van der Waals surface area contributed by atoms with Gasteiger partial charge in [-0.2, -0.15) is 0 Å². The number of hydrogen-bond acceptors (Lipinski definition) is 5. The molecule has 0 aliphatic rings. The summed E-state index contributed by atoms with van der Waals surface area (Å²) in [6.07, 6.45) is -0.536.